The third kappa shape index (κ3) is 12.2. The second kappa shape index (κ2) is 18.3. The topological polar surface area (TPSA) is 108 Å². The molecule has 0 unspecified atom stereocenters. The number of halogens is 3. The van der Waals surface area contributed by atoms with E-state index in [-0.39, 0.29) is 11.5 Å². The van der Waals surface area contributed by atoms with Crippen molar-refractivity contribution in [2.45, 2.75) is 33.4 Å². The molecule has 0 saturated carbocycles. The lowest BCUT2D eigenvalue weighted by molar-refractivity contribution is -0.138. The first-order valence-electron chi connectivity index (χ1n) is 12.4. The number of hydrogen-bond donors (Lipinski definition) is 2. The molecule has 0 fully saturated rings. The summed E-state index contributed by atoms with van der Waals surface area (Å²) in [5, 5.41) is 7.00. The standard InChI is InChI=1S/C15H19N5O3.C8H7F3.C3H9N.C2H6/c1-17-13(6-7-21)20-14(18-15(16)19-20)9-10-4-5-11(22-2)12(8-10)23-3;1-6-4-2-3-5-7(6)8(9,10)11;1-4(2)3;1-2/h4-8,17H,9H2,1-3H3,(H2,16,19);2-5H,1H3;1-3H3;1-2H3/b13-6+;;;. The Bertz CT molecular complexity index is 1190. The first-order valence-corrected chi connectivity index (χ1v) is 12.4. The molecule has 12 heteroatoms. The van der Waals surface area contributed by atoms with Crippen LogP contribution in [0.3, 0.4) is 0 Å². The molecule has 0 amide bonds. The van der Waals surface area contributed by atoms with E-state index in [2.05, 4.69) is 15.4 Å². The summed E-state index contributed by atoms with van der Waals surface area (Å²) in [5.41, 5.74) is 6.34. The second-order valence-corrected chi connectivity index (χ2v) is 8.26. The Morgan fingerprint density at radius 3 is 2.10 bits per heavy atom. The number of nitrogen functional groups attached to an aromatic ring is 1. The summed E-state index contributed by atoms with van der Waals surface area (Å²) >= 11 is 0. The number of hydrogen-bond acceptors (Lipinski definition) is 8. The number of nitrogens with one attached hydrogen (secondary N) is 1. The molecule has 0 atom stereocenters. The quantitative estimate of drug-likeness (QED) is 0.307. The van der Waals surface area contributed by atoms with Crippen LogP contribution in [0.1, 0.15) is 36.4 Å². The predicted molar refractivity (Wildman–Crippen MR) is 153 cm³/mol. The van der Waals surface area contributed by atoms with Crippen molar-refractivity contribution in [2.75, 3.05) is 48.1 Å². The van der Waals surface area contributed by atoms with Crippen LogP contribution < -0.4 is 20.5 Å². The molecule has 3 aromatic rings. The van der Waals surface area contributed by atoms with E-state index in [9.17, 15) is 18.0 Å². The molecular formula is C28H41F3N6O3. The van der Waals surface area contributed by atoms with Crippen molar-refractivity contribution in [3.63, 3.8) is 0 Å². The molecule has 0 bridgehead atoms. The fourth-order valence-electron chi connectivity index (χ4n) is 3.06. The Morgan fingerprint density at radius 1 is 1.07 bits per heavy atom. The Morgan fingerprint density at radius 2 is 1.65 bits per heavy atom. The molecule has 0 aliphatic carbocycles. The van der Waals surface area contributed by atoms with Crippen LogP contribution in [0.4, 0.5) is 19.1 Å². The number of allylic oxidation sites excluding steroid dienone is 1. The first kappa shape index (κ1) is 35.9. The number of nitrogens with two attached hydrogens (primary N) is 1. The summed E-state index contributed by atoms with van der Waals surface area (Å²) in [7, 11) is 10.8. The van der Waals surface area contributed by atoms with Gasteiger partial charge in [0.2, 0.25) is 5.95 Å². The Balaban J connectivity index is 0.000000741. The molecule has 3 rings (SSSR count). The summed E-state index contributed by atoms with van der Waals surface area (Å²) < 4.78 is 48.2. The molecule has 1 aromatic heterocycles. The van der Waals surface area contributed by atoms with Crippen molar-refractivity contribution in [1.82, 2.24) is 25.0 Å². The lowest BCUT2D eigenvalue weighted by Crippen LogP contribution is -2.16. The van der Waals surface area contributed by atoms with Gasteiger partial charge in [0.15, 0.2) is 11.5 Å². The number of methoxy groups -OCH3 is 2. The summed E-state index contributed by atoms with van der Waals surface area (Å²) in [4.78, 5) is 17.0. The highest BCUT2D eigenvalue weighted by atomic mass is 19.4. The maximum absolute atomic E-state index is 12.0. The van der Waals surface area contributed by atoms with Crippen LogP contribution in [0.2, 0.25) is 0 Å². The summed E-state index contributed by atoms with van der Waals surface area (Å²) in [6, 6.07) is 11.1. The molecule has 222 valence electrons. The van der Waals surface area contributed by atoms with Crippen LogP contribution in [0.5, 0.6) is 11.5 Å². The van der Waals surface area contributed by atoms with Crippen LogP contribution in [-0.2, 0) is 17.4 Å². The molecule has 0 spiro atoms. The number of nitrogens with zero attached hydrogens (tertiary/aromatic N) is 4. The minimum Gasteiger partial charge on any atom is -0.493 e. The third-order valence-electron chi connectivity index (χ3n) is 4.66. The van der Waals surface area contributed by atoms with E-state index in [0.717, 1.165) is 11.6 Å². The van der Waals surface area contributed by atoms with Crippen molar-refractivity contribution in [3.8, 4) is 11.5 Å². The Kier molecular flexibility index (Phi) is 16.4. The van der Waals surface area contributed by atoms with Crippen LogP contribution in [0.15, 0.2) is 48.5 Å². The van der Waals surface area contributed by atoms with Crippen molar-refractivity contribution >= 4 is 18.1 Å². The van der Waals surface area contributed by atoms with Gasteiger partial charge in [-0.3, -0.25) is 4.79 Å². The van der Waals surface area contributed by atoms with Crippen molar-refractivity contribution in [1.29, 1.82) is 0 Å². The number of aryl methyl sites for hydroxylation is 1. The van der Waals surface area contributed by atoms with Gasteiger partial charge in [0.05, 0.1) is 19.8 Å². The van der Waals surface area contributed by atoms with Gasteiger partial charge in [0.25, 0.3) is 0 Å². The smallest absolute Gasteiger partial charge is 0.416 e. The van der Waals surface area contributed by atoms with Crippen molar-refractivity contribution in [3.05, 3.63) is 71.1 Å². The Hall–Kier alpha value is -4.06. The molecule has 3 N–H and O–H groups in total. The SMILES string of the molecule is CC.CN(C)C.CN/C(=C\C=O)n1nc(N)nc1Cc1ccc(OC)c(OC)c1.Cc1ccccc1C(F)(F)F. The van der Waals surface area contributed by atoms with Gasteiger partial charge in [-0.2, -0.15) is 22.8 Å². The third-order valence-corrected chi connectivity index (χ3v) is 4.66. The second-order valence-electron chi connectivity index (χ2n) is 8.26. The lowest BCUT2D eigenvalue weighted by atomic mass is 10.1. The molecule has 2 aromatic carbocycles. The van der Waals surface area contributed by atoms with E-state index in [1.807, 2.05) is 58.1 Å². The van der Waals surface area contributed by atoms with Gasteiger partial charge in [-0.25, -0.2) is 0 Å². The number of aromatic nitrogens is 3. The van der Waals surface area contributed by atoms with Crippen LogP contribution >= 0.6 is 0 Å². The monoisotopic (exact) mass is 566 g/mol. The zero-order chi connectivity index (χ0) is 30.9. The van der Waals surface area contributed by atoms with Gasteiger partial charge < -0.3 is 25.4 Å². The number of ether oxygens (including phenoxy) is 2. The molecule has 40 heavy (non-hydrogen) atoms. The van der Waals surface area contributed by atoms with E-state index >= 15 is 0 Å². The highest BCUT2D eigenvalue weighted by Crippen LogP contribution is 2.31. The average molecular weight is 567 g/mol. The van der Waals surface area contributed by atoms with Crippen LogP contribution in [0, 0.1) is 6.92 Å². The predicted octanol–water partition coefficient (Wildman–Crippen LogP) is 4.90. The zero-order valence-electron chi connectivity index (χ0n) is 24.6. The summed E-state index contributed by atoms with van der Waals surface area (Å²) in [6.45, 7) is 5.45. The maximum Gasteiger partial charge on any atom is 0.416 e. The number of carbonyl (C=O) groups is 1. The van der Waals surface area contributed by atoms with E-state index in [1.54, 1.807) is 27.3 Å². The molecule has 0 aliphatic rings. The normalized spacial score (nSPS) is 10.7. The summed E-state index contributed by atoms with van der Waals surface area (Å²) in [6.07, 6.45) is -1.73. The maximum atomic E-state index is 12.0. The van der Waals surface area contributed by atoms with Gasteiger partial charge in [-0.05, 0) is 57.4 Å². The highest BCUT2D eigenvalue weighted by molar-refractivity contribution is 5.74. The first-order chi connectivity index (χ1) is 18.9. The van der Waals surface area contributed by atoms with E-state index in [0.29, 0.717) is 35.9 Å². The van der Waals surface area contributed by atoms with E-state index < -0.39 is 11.7 Å². The Labute approximate surface area is 234 Å². The van der Waals surface area contributed by atoms with Crippen molar-refractivity contribution in [2.24, 2.45) is 0 Å². The van der Waals surface area contributed by atoms with Crippen molar-refractivity contribution < 1.29 is 27.4 Å². The molecule has 1 heterocycles. The molecule has 0 aliphatic heterocycles. The summed E-state index contributed by atoms with van der Waals surface area (Å²) in [5.74, 6) is 2.49. The molecule has 0 saturated heterocycles. The number of rotatable bonds is 7. The van der Waals surface area contributed by atoms with Gasteiger partial charge in [0, 0.05) is 19.5 Å². The van der Waals surface area contributed by atoms with Gasteiger partial charge in [-0.1, -0.05) is 38.1 Å². The molecular weight excluding hydrogens is 525 g/mol. The minimum atomic E-state index is -4.22. The highest BCUT2D eigenvalue weighted by Gasteiger charge is 2.31. The number of carbonyl (C=O) groups excluding carboxylic acids is 1. The van der Waals surface area contributed by atoms with E-state index in [1.165, 1.54) is 29.8 Å². The largest absolute Gasteiger partial charge is 0.493 e. The number of alkyl halides is 3. The molecule has 0 radical (unpaired) electrons. The van der Waals surface area contributed by atoms with Crippen LogP contribution in [0.25, 0.3) is 5.82 Å². The number of aldehydes is 1. The fourth-order valence-corrected chi connectivity index (χ4v) is 3.06. The number of benzene rings is 2. The average Bonchev–Trinajstić information content (AvgIpc) is 3.27. The minimum absolute atomic E-state index is 0.132. The number of anilines is 1. The van der Waals surface area contributed by atoms with Gasteiger partial charge in [0.1, 0.15) is 17.9 Å². The molecule has 9 nitrogen and oxygen atoms in total. The lowest BCUT2D eigenvalue weighted by Gasteiger charge is -2.11. The van der Waals surface area contributed by atoms with Gasteiger partial charge >= 0.3 is 6.18 Å². The van der Waals surface area contributed by atoms with Gasteiger partial charge in [-0.15, -0.1) is 5.10 Å². The van der Waals surface area contributed by atoms with Crippen LogP contribution in [-0.4, -0.2) is 68.4 Å². The zero-order valence-corrected chi connectivity index (χ0v) is 24.6. The van der Waals surface area contributed by atoms with E-state index in [4.69, 9.17) is 15.2 Å². The fraction of sp³-hybridized carbons (Fsp3) is 0.393.